The minimum Gasteiger partial charge on any atom is -0.352 e. The van der Waals surface area contributed by atoms with Gasteiger partial charge in [0.2, 0.25) is 5.91 Å². The van der Waals surface area contributed by atoms with Crippen LogP contribution in [0, 0.1) is 0 Å². The summed E-state index contributed by atoms with van der Waals surface area (Å²) in [6, 6.07) is 0. The van der Waals surface area contributed by atoms with E-state index < -0.39 is 0 Å². The molecule has 0 heterocycles. The van der Waals surface area contributed by atoms with Gasteiger partial charge in [-0.25, -0.2) is 0 Å². The molecule has 0 atom stereocenters. The molecule has 0 aliphatic rings. The summed E-state index contributed by atoms with van der Waals surface area (Å²) in [6.07, 6.45) is 5.56. The molecule has 1 N–H and O–H groups in total. The largest absolute Gasteiger partial charge is 0.352 e. The van der Waals surface area contributed by atoms with Gasteiger partial charge in [0.1, 0.15) is 0 Å². The van der Waals surface area contributed by atoms with E-state index in [1.54, 1.807) is 6.21 Å². The van der Waals surface area contributed by atoms with Crippen LogP contribution in [0.25, 0.3) is 0 Å². The fourth-order valence-corrected chi connectivity index (χ4v) is 0.696. The van der Waals surface area contributed by atoms with Crippen molar-refractivity contribution in [3.05, 3.63) is 24.4 Å². The number of amides is 1. The number of carbonyl (C=O) groups excluding carboxylic acids is 1. The van der Waals surface area contributed by atoms with Gasteiger partial charge in [0.05, 0.1) is 0 Å². The van der Waals surface area contributed by atoms with Crippen molar-refractivity contribution in [2.75, 3.05) is 6.54 Å². The molecule has 0 aromatic heterocycles. The van der Waals surface area contributed by atoms with Crippen LogP contribution in [0.3, 0.4) is 0 Å². The van der Waals surface area contributed by atoms with Crippen LogP contribution in [0.5, 0.6) is 0 Å². The molecule has 0 bridgehead atoms. The highest BCUT2D eigenvalue weighted by molar-refractivity contribution is 5.82. The lowest BCUT2D eigenvalue weighted by Crippen LogP contribution is -2.24. The summed E-state index contributed by atoms with van der Waals surface area (Å²) in [5, 5.41) is 2.76. The van der Waals surface area contributed by atoms with Gasteiger partial charge in [-0.1, -0.05) is 19.6 Å². The molecule has 0 saturated heterocycles. The molecule has 3 heteroatoms. The zero-order chi connectivity index (χ0) is 10.1. The maximum atomic E-state index is 10.9. The van der Waals surface area contributed by atoms with Gasteiger partial charge in [0.15, 0.2) is 0 Å². The molecule has 0 fully saturated rings. The summed E-state index contributed by atoms with van der Waals surface area (Å²) >= 11 is 0. The maximum absolute atomic E-state index is 10.9. The van der Waals surface area contributed by atoms with Gasteiger partial charge in [-0.2, -0.15) is 0 Å². The van der Waals surface area contributed by atoms with Gasteiger partial charge in [-0.15, -0.1) is 0 Å². The monoisotopic (exact) mass is 180 g/mol. The van der Waals surface area contributed by atoms with Gasteiger partial charge in [0.25, 0.3) is 0 Å². The van der Waals surface area contributed by atoms with E-state index in [1.165, 1.54) is 6.20 Å². The highest BCUT2D eigenvalue weighted by Crippen LogP contribution is 1.88. The van der Waals surface area contributed by atoms with E-state index in [-0.39, 0.29) is 5.91 Å². The van der Waals surface area contributed by atoms with Gasteiger partial charge in [0, 0.05) is 25.4 Å². The SMILES string of the molecule is C=CN=C/C(=C\C)CNC(=O)CC. The van der Waals surface area contributed by atoms with Crippen molar-refractivity contribution in [1.82, 2.24) is 5.32 Å². The molecule has 72 valence electrons. The van der Waals surface area contributed by atoms with Crippen molar-refractivity contribution in [3.8, 4) is 0 Å². The van der Waals surface area contributed by atoms with Crippen LogP contribution in [0.4, 0.5) is 0 Å². The average Bonchev–Trinajstić information content (AvgIpc) is 2.17. The molecule has 0 rings (SSSR count). The number of carbonyl (C=O) groups is 1. The zero-order valence-electron chi connectivity index (χ0n) is 8.21. The smallest absolute Gasteiger partial charge is 0.219 e. The minimum atomic E-state index is 0.0475. The highest BCUT2D eigenvalue weighted by atomic mass is 16.1. The van der Waals surface area contributed by atoms with E-state index in [0.29, 0.717) is 13.0 Å². The molecule has 0 aliphatic carbocycles. The molecule has 0 saturated carbocycles. The summed E-state index contributed by atoms with van der Waals surface area (Å²) in [7, 11) is 0. The quantitative estimate of drug-likeness (QED) is 0.642. The Bertz CT molecular complexity index is 229. The Morgan fingerprint density at radius 1 is 1.62 bits per heavy atom. The van der Waals surface area contributed by atoms with Crippen molar-refractivity contribution >= 4 is 12.1 Å². The second kappa shape index (κ2) is 7.28. The Labute approximate surface area is 79.3 Å². The first-order chi connectivity index (χ1) is 6.24. The third kappa shape index (κ3) is 5.84. The molecule has 0 radical (unpaired) electrons. The van der Waals surface area contributed by atoms with E-state index in [2.05, 4.69) is 16.9 Å². The molecule has 0 aromatic carbocycles. The number of aliphatic imine (C=N–C) groups is 1. The number of allylic oxidation sites excluding steroid dienone is 1. The average molecular weight is 180 g/mol. The third-order valence-corrected chi connectivity index (χ3v) is 1.53. The molecule has 0 aromatic rings. The van der Waals surface area contributed by atoms with Crippen LogP contribution in [0.15, 0.2) is 29.4 Å². The van der Waals surface area contributed by atoms with Crippen LogP contribution in [0.2, 0.25) is 0 Å². The Morgan fingerprint density at radius 2 is 2.31 bits per heavy atom. The van der Waals surface area contributed by atoms with Gasteiger partial charge < -0.3 is 5.32 Å². The first-order valence-electron chi connectivity index (χ1n) is 4.30. The van der Waals surface area contributed by atoms with Crippen LogP contribution in [-0.2, 0) is 4.79 Å². The van der Waals surface area contributed by atoms with Crippen LogP contribution < -0.4 is 5.32 Å². The van der Waals surface area contributed by atoms with Crippen LogP contribution in [-0.4, -0.2) is 18.7 Å². The highest BCUT2D eigenvalue weighted by Gasteiger charge is 1.96. The Kier molecular flexibility index (Phi) is 6.51. The van der Waals surface area contributed by atoms with Gasteiger partial charge in [-0.05, 0) is 12.5 Å². The first-order valence-corrected chi connectivity index (χ1v) is 4.30. The lowest BCUT2D eigenvalue weighted by atomic mass is 10.2. The molecule has 3 nitrogen and oxygen atoms in total. The lowest BCUT2D eigenvalue weighted by Gasteiger charge is -2.02. The van der Waals surface area contributed by atoms with E-state index in [0.717, 1.165) is 5.57 Å². The van der Waals surface area contributed by atoms with Gasteiger partial charge in [-0.3, -0.25) is 9.79 Å². The number of hydrogen-bond acceptors (Lipinski definition) is 2. The number of rotatable bonds is 5. The molecule has 0 spiro atoms. The molecule has 0 unspecified atom stereocenters. The molecule has 0 aliphatic heterocycles. The summed E-state index contributed by atoms with van der Waals surface area (Å²) in [6.45, 7) is 7.72. The summed E-state index contributed by atoms with van der Waals surface area (Å²) < 4.78 is 0. The maximum Gasteiger partial charge on any atom is 0.219 e. The fourth-order valence-electron chi connectivity index (χ4n) is 0.696. The molecular formula is C10H16N2O. The van der Waals surface area contributed by atoms with E-state index >= 15 is 0 Å². The Balaban J connectivity index is 3.94. The molecule has 1 amide bonds. The predicted molar refractivity (Wildman–Crippen MR) is 55.7 cm³/mol. The van der Waals surface area contributed by atoms with E-state index in [1.807, 2.05) is 19.9 Å². The van der Waals surface area contributed by atoms with Crippen molar-refractivity contribution in [1.29, 1.82) is 0 Å². The topological polar surface area (TPSA) is 41.5 Å². The summed E-state index contributed by atoms with van der Waals surface area (Å²) in [5.74, 6) is 0.0475. The number of nitrogens with zero attached hydrogens (tertiary/aromatic N) is 1. The molecule has 13 heavy (non-hydrogen) atoms. The van der Waals surface area contributed by atoms with Crippen molar-refractivity contribution < 1.29 is 4.79 Å². The molecular weight excluding hydrogens is 164 g/mol. The second-order valence-electron chi connectivity index (χ2n) is 2.45. The zero-order valence-corrected chi connectivity index (χ0v) is 8.21. The van der Waals surface area contributed by atoms with Crippen LogP contribution >= 0.6 is 0 Å². The normalized spacial score (nSPS) is 11.7. The first kappa shape index (κ1) is 11.6. The standard InChI is InChI=1S/C10H16N2O/c1-4-9(7-11-6-3)8-12-10(13)5-2/h4,6-7H,3,5,8H2,1-2H3,(H,12,13)/b9-4+,11-7?. The lowest BCUT2D eigenvalue weighted by molar-refractivity contribution is -0.120. The van der Waals surface area contributed by atoms with Crippen LogP contribution in [0.1, 0.15) is 20.3 Å². The van der Waals surface area contributed by atoms with Crippen molar-refractivity contribution in [2.45, 2.75) is 20.3 Å². The number of nitrogens with one attached hydrogen (secondary N) is 1. The Morgan fingerprint density at radius 3 is 2.77 bits per heavy atom. The summed E-state index contributed by atoms with van der Waals surface area (Å²) in [4.78, 5) is 14.8. The van der Waals surface area contributed by atoms with Gasteiger partial charge >= 0.3 is 0 Å². The minimum absolute atomic E-state index is 0.0475. The summed E-state index contributed by atoms with van der Waals surface area (Å²) in [5.41, 5.74) is 0.974. The van der Waals surface area contributed by atoms with Crippen molar-refractivity contribution in [3.63, 3.8) is 0 Å². The number of hydrogen-bond donors (Lipinski definition) is 1. The van der Waals surface area contributed by atoms with E-state index in [9.17, 15) is 4.79 Å². The Hall–Kier alpha value is -1.38. The third-order valence-electron chi connectivity index (χ3n) is 1.53. The van der Waals surface area contributed by atoms with Crippen molar-refractivity contribution in [2.24, 2.45) is 4.99 Å². The fraction of sp³-hybridized carbons (Fsp3) is 0.400. The van der Waals surface area contributed by atoms with E-state index in [4.69, 9.17) is 0 Å². The predicted octanol–water partition coefficient (Wildman–Crippen LogP) is 1.67. The second-order valence-corrected chi connectivity index (χ2v) is 2.45.